The molecule has 84 valence electrons. The Labute approximate surface area is 98.1 Å². The van der Waals surface area contributed by atoms with Gasteiger partial charge in [-0.2, -0.15) is 0 Å². The van der Waals surface area contributed by atoms with Crippen molar-refractivity contribution in [1.82, 2.24) is 0 Å². The molecule has 0 unspecified atom stereocenters. The molecule has 0 aromatic heterocycles. The zero-order chi connectivity index (χ0) is 11.2. The van der Waals surface area contributed by atoms with Crippen LogP contribution < -0.4 is 5.19 Å². The second-order valence-corrected chi connectivity index (χ2v) is 5.14. The Balaban J connectivity index is 2.11. The van der Waals surface area contributed by atoms with E-state index in [0.29, 0.717) is 13.2 Å². The van der Waals surface area contributed by atoms with Crippen molar-refractivity contribution >= 4 is 25.7 Å². The van der Waals surface area contributed by atoms with Gasteiger partial charge in [-0.25, -0.2) is 0 Å². The Bertz CT molecular complexity index is 451. The van der Waals surface area contributed by atoms with Gasteiger partial charge in [-0.3, -0.25) is 0 Å². The molecule has 2 nitrogen and oxygen atoms in total. The molecule has 2 aromatic carbocycles. The molecule has 0 atom stereocenters. The molecule has 0 fully saturated rings. The number of ether oxygens (including phenoxy) is 1. The Morgan fingerprint density at radius 3 is 2.69 bits per heavy atom. The van der Waals surface area contributed by atoms with Crippen molar-refractivity contribution in [2.24, 2.45) is 0 Å². The lowest BCUT2D eigenvalue weighted by atomic mass is 10.1. The molecule has 0 aliphatic rings. The molecule has 3 heteroatoms. The van der Waals surface area contributed by atoms with Crippen molar-refractivity contribution in [1.29, 1.82) is 0 Å². The Hall–Kier alpha value is -1.16. The van der Waals surface area contributed by atoms with E-state index in [0.717, 1.165) is 0 Å². The summed E-state index contributed by atoms with van der Waals surface area (Å²) < 4.78 is 10.6. The first-order valence-corrected chi connectivity index (χ1v) is 6.73. The molecule has 2 rings (SSSR count). The first kappa shape index (κ1) is 11.3. The largest absolute Gasteiger partial charge is 0.416 e. The van der Waals surface area contributed by atoms with E-state index in [1.165, 1.54) is 16.0 Å². The van der Waals surface area contributed by atoms with Crippen LogP contribution in [-0.4, -0.2) is 30.1 Å². The van der Waals surface area contributed by atoms with E-state index in [1.54, 1.807) is 7.11 Å². The van der Waals surface area contributed by atoms with Crippen molar-refractivity contribution in [2.75, 3.05) is 20.3 Å². The first-order valence-electron chi connectivity index (χ1n) is 5.45. The van der Waals surface area contributed by atoms with Crippen LogP contribution >= 0.6 is 0 Å². The molecule has 0 spiro atoms. The van der Waals surface area contributed by atoms with E-state index in [2.05, 4.69) is 42.5 Å². The fourth-order valence-electron chi connectivity index (χ4n) is 1.74. The van der Waals surface area contributed by atoms with Crippen molar-refractivity contribution in [2.45, 2.75) is 0 Å². The Morgan fingerprint density at radius 2 is 1.81 bits per heavy atom. The maximum absolute atomic E-state index is 5.68. The van der Waals surface area contributed by atoms with Gasteiger partial charge in [0, 0.05) is 7.11 Å². The SMILES string of the molecule is COCCO[SiH2]c1cccc2ccccc12. The van der Waals surface area contributed by atoms with Crippen LogP contribution in [0.5, 0.6) is 0 Å². The average Bonchev–Trinajstić information content (AvgIpc) is 2.35. The van der Waals surface area contributed by atoms with Gasteiger partial charge in [-0.1, -0.05) is 42.5 Å². The van der Waals surface area contributed by atoms with Gasteiger partial charge < -0.3 is 9.16 Å². The minimum atomic E-state index is -0.634. The number of methoxy groups -OCH3 is 1. The number of rotatable bonds is 5. The Kier molecular flexibility index (Phi) is 4.10. The van der Waals surface area contributed by atoms with E-state index >= 15 is 0 Å². The van der Waals surface area contributed by atoms with Crippen LogP contribution in [0.3, 0.4) is 0 Å². The van der Waals surface area contributed by atoms with E-state index in [4.69, 9.17) is 9.16 Å². The number of benzene rings is 2. The smallest absolute Gasteiger partial charge is 0.192 e. The summed E-state index contributed by atoms with van der Waals surface area (Å²) in [6, 6.07) is 14.9. The fraction of sp³-hybridized carbons (Fsp3) is 0.231. The summed E-state index contributed by atoms with van der Waals surface area (Å²) in [6.45, 7) is 1.38. The lowest BCUT2D eigenvalue weighted by molar-refractivity contribution is 0.150. The molecule has 0 saturated carbocycles. The van der Waals surface area contributed by atoms with Crippen LogP contribution in [-0.2, 0) is 9.16 Å². The summed E-state index contributed by atoms with van der Waals surface area (Å²) in [5.41, 5.74) is 0. The van der Waals surface area contributed by atoms with E-state index in [-0.39, 0.29) is 0 Å². The molecule has 0 N–H and O–H groups in total. The highest BCUT2D eigenvalue weighted by Gasteiger charge is 2.00. The summed E-state index contributed by atoms with van der Waals surface area (Å²) in [4.78, 5) is 0. The van der Waals surface area contributed by atoms with Crippen molar-refractivity contribution in [3.05, 3.63) is 42.5 Å². The molecule has 0 amide bonds. The van der Waals surface area contributed by atoms with Gasteiger partial charge in [-0.15, -0.1) is 0 Å². The summed E-state index contributed by atoms with van der Waals surface area (Å²) in [5.74, 6) is 0. The van der Waals surface area contributed by atoms with Crippen LogP contribution in [0.15, 0.2) is 42.5 Å². The van der Waals surface area contributed by atoms with E-state index < -0.39 is 9.76 Å². The maximum atomic E-state index is 5.68. The molecule has 0 aliphatic heterocycles. The molecule has 0 saturated heterocycles. The lowest BCUT2D eigenvalue weighted by Crippen LogP contribution is -2.20. The maximum Gasteiger partial charge on any atom is 0.192 e. The molecule has 0 radical (unpaired) electrons. The summed E-state index contributed by atoms with van der Waals surface area (Å²) in [6.07, 6.45) is 0. The first-order chi connectivity index (χ1) is 7.92. The predicted molar refractivity (Wildman–Crippen MR) is 70.0 cm³/mol. The molecule has 2 aromatic rings. The number of hydrogen-bond acceptors (Lipinski definition) is 2. The van der Waals surface area contributed by atoms with Gasteiger partial charge in [0.2, 0.25) is 0 Å². The number of fused-ring (bicyclic) bond motifs is 1. The summed E-state index contributed by atoms with van der Waals surface area (Å²) in [7, 11) is 1.06. The molecular weight excluding hydrogens is 216 g/mol. The van der Waals surface area contributed by atoms with Gasteiger partial charge in [-0.05, 0) is 16.0 Å². The Morgan fingerprint density at radius 1 is 1.00 bits per heavy atom. The van der Waals surface area contributed by atoms with E-state index in [9.17, 15) is 0 Å². The van der Waals surface area contributed by atoms with Crippen LogP contribution in [0.4, 0.5) is 0 Å². The van der Waals surface area contributed by atoms with Gasteiger partial charge in [0.05, 0.1) is 13.2 Å². The molecule has 0 heterocycles. The van der Waals surface area contributed by atoms with Gasteiger partial charge in [0.1, 0.15) is 0 Å². The minimum Gasteiger partial charge on any atom is -0.416 e. The lowest BCUT2D eigenvalue weighted by Gasteiger charge is -2.06. The fourth-order valence-corrected chi connectivity index (χ4v) is 2.93. The monoisotopic (exact) mass is 232 g/mol. The highest BCUT2D eigenvalue weighted by atomic mass is 28.2. The quantitative estimate of drug-likeness (QED) is 0.570. The second kappa shape index (κ2) is 5.79. The number of hydrogen-bond donors (Lipinski definition) is 0. The summed E-state index contributed by atoms with van der Waals surface area (Å²) in [5, 5.41) is 3.99. The third-order valence-electron chi connectivity index (χ3n) is 2.57. The standard InChI is InChI=1S/C13H16O2Si/c1-14-9-10-15-16-13-8-4-6-11-5-2-3-7-12(11)13/h2-8H,9-10,16H2,1H3. The second-order valence-electron chi connectivity index (χ2n) is 3.68. The van der Waals surface area contributed by atoms with E-state index in [1.807, 2.05) is 0 Å². The van der Waals surface area contributed by atoms with Gasteiger partial charge >= 0.3 is 0 Å². The normalized spacial score (nSPS) is 11.6. The van der Waals surface area contributed by atoms with Crippen LogP contribution in [0, 0.1) is 0 Å². The highest BCUT2D eigenvalue weighted by molar-refractivity contribution is 6.51. The van der Waals surface area contributed by atoms with Crippen LogP contribution in [0.1, 0.15) is 0 Å². The molecule has 0 bridgehead atoms. The highest BCUT2D eigenvalue weighted by Crippen LogP contribution is 2.10. The molecule has 16 heavy (non-hydrogen) atoms. The zero-order valence-electron chi connectivity index (χ0n) is 9.48. The molecular formula is C13H16O2Si. The van der Waals surface area contributed by atoms with Crippen molar-refractivity contribution < 1.29 is 9.16 Å². The zero-order valence-corrected chi connectivity index (χ0v) is 10.9. The third-order valence-corrected chi connectivity index (χ3v) is 3.99. The average molecular weight is 232 g/mol. The van der Waals surface area contributed by atoms with Crippen molar-refractivity contribution in [3.63, 3.8) is 0 Å². The van der Waals surface area contributed by atoms with Crippen molar-refractivity contribution in [3.8, 4) is 0 Å². The predicted octanol–water partition coefficient (Wildman–Crippen LogP) is 1.21. The summed E-state index contributed by atoms with van der Waals surface area (Å²) >= 11 is 0. The topological polar surface area (TPSA) is 18.5 Å². The third kappa shape index (κ3) is 2.69. The minimum absolute atomic E-state index is 0.634. The van der Waals surface area contributed by atoms with Gasteiger partial charge in [0.25, 0.3) is 0 Å². The van der Waals surface area contributed by atoms with Crippen LogP contribution in [0.25, 0.3) is 10.8 Å². The van der Waals surface area contributed by atoms with Gasteiger partial charge in [0.15, 0.2) is 9.76 Å². The van der Waals surface area contributed by atoms with Crippen LogP contribution in [0.2, 0.25) is 0 Å². The molecule has 0 aliphatic carbocycles.